The third-order valence-corrected chi connectivity index (χ3v) is 3.32. The predicted octanol–water partition coefficient (Wildman–Crippen LogP) is 3.27. The van der Waals surface area contributed by atoms with Gasteiger partial charge in [0.2, 0.25) is 0 Å². The molecule has 0 N–H and O–H groups in total. The smallest absolute Gasteiger partial charge is 0.344 e. The first kappa shape index (κ1) is 15.0. The maximum atomic E-state index is 11.8. The van der Waals surface area contributed by atoms with Gasteiger partial charge < -0.3 is 9.15 Å². The standard InChI is InChI=1S/C12H9BrClNO5/c13-3-4-19-6-10-11(14)8-2-1-7(15(17)18)5-9(8)12(16)20-10/h1-2,5H,3-4,6H2. The lowest BCUT2D eigenvalue weighted by molar-refractivity contribution is -0.384. The van der Waals surface area contributed by atoms with Gasteiger partial charge in [0.25, 0.3) is 5.69 Å². The molecule has 0 aliphatic rings. The quantitative estimate of drug-likeness (QED) is 0.353. The Bertz CT molecular complexity index is 715. The zero-order valence-corrected chi connectivity index (χ0v) is 12.4. The number of benzene rings is 1. The molecule has 0 saturated heterocycles. The molecule has 106 valence electrons. The fourth-order valence-corrected chi connectivity index (χ4v) is 2.17. The monoisotopic (exact) mass is 361 g/mol. The average molecular weight is 363 g/mol. The lowest BCUT2D eigenvalue weighted by atomic mass is 10.1. The summed E-state index contributed by atoms with van der Waals surface area (Å²) in [6, 6.07) is 3.87. The van der Waals surface area contributed by atoms with E-state index >= 15 is 0 Å². The van der Waals surface area contributed by atoms with Crippen molar-refractivity contribution in [2.24, 2.45) is 0 Å². The van der Waals surface area contributed by atoms with E-state index in [1.54, 1.807) is 0 Å². The van der Waals surface area contributed by atoms with Gasteiger partial charge in [-0.25, -0.2) is 4.79 Å². The number of fused-ring (bicyclic) bond motifs is 1. The Labute approximate surface area is 126 Å². The minimum absolute atomic E-state index is 0.0621. The number of nitro benzene ring substituents is 1. The largest absolute Gasteiger partial charge is 0.423 e. The second kappa shape index (κ2) is 6.34. The highest BCUT2D eigenvalue weighted by Crippen LogP contribution is 2.28. The fourth-order valence-electron chi connectivity index (χ4n) is 1.68. The maximum Gasteiger partial charge on any atom is 0.344 e. The van der Waals surface area contributed by atoms with Crippen molar-refractivity contribution >= 4 is 44.0 Å². The van der Waals surface area contributed by atoms with Crippen LogP contribution in [-0.2, 0) is 11.3 Å². The molecule has 2 rings (SSSR count). The number of alkyl halides is 1. The van der Waals surface area contributed by atoms with Crippen LogP contribution in [-0.4, -0.2) is 16.9 Å². The van der Waals surface area contributed by atoms with Crippen molar-refractivity contribution in [2.45, 2.75) is 6.61 Å². The topological polar surface area (TPSA) is 82.6 Å². The van der Waals surface area contributed by atoms with Crippen molar-refractivity contribution < 1.29 is 14.1 Å². The molecule has 0 atom stereocenters. The van der Waals surface area contributed by atoms with Gasteiger partial charge in [0.05, 0.1) is 21.9 Å². The van der Waals surface area contributed by atoms with Crippen molar-refractivity contribution in [3.05, 3.63) is 49.5 Å². The fraction of sp³-hybridized carbons (Fsp3) is 0.250. The van der Waals surface area contributed by atoms with E-state index in [0.717, 1.165) is 6.07 Å². The molecular formula is C12H9BrClNO5. The minimum atomic E-state index is -0.675. The van der Waals surface area contributed by atoms with Gasteiger partial charge >= 0.3 is 5.63 Å². The van der Waals surface area contributed by atoms with Crippen LogP contribution in [0.1, 0.15) is 5.76 Å². The third-order valence-electron chi connectivity index (χ3n) is 2.59. The third kappa shape index (κ3) is 3.00. The first-order chi connectivity index (χ1) is 9.54. The van der Waals surface area contributed by atoms with Crippen molar-refractivity contribution in [1.29, 1.82) is 0 Å². The molecule has 0 amide bonds. The molecule has 0 aliphatic carbocycles. The van der Waals surface area contributed by atoms with Crippen LogP contribution in [0.2, 0.25) is 5.02 Å². The van der Waals surface area contributed by atoms with E-state index in [1.165, 1.54) is 12.1 Å². The number of nitro groups is 1. The first-order valence-corrected chi connectivity index (χ1v) is 7.08. The van der Waals surface area contributed by atoms with Gasteiger partial charge in [0.15, 0.2) is 5.76 Å². The number of ether oxygens (including phenoxy) is 1. The Balaban J connectivity index is 2.51. The molecule has 0 radical (unpaired) electrons. The van der Waals surface area contributed by atoms with E-state index in [1.807, 2.05) is 0 Å². The van der Waals surface area contributed by atoms with Crippen LogP contribution in [0.5, 0.6) is 0 Å². The van der Waals surface area contributed by atoms with E-state index < -0.39 is 10.5 Å². The Morgan fingerprint density at radius 3 is 2.80 bits per heavy atom. The van der Waals surface area contributed by atoms with E-state index in [4.69, 9.17) is 20.8 Å². The molecule has 0 saturated carbocycles. The van der Waals surface area contributed by atoms with Gasteiger partial charge in [0.1, 0.15) is 6.61 Å². The van der Waals surface area contributed by atoms with Crippen LogP contribution in [0, 0.1) is 10.1 Å². The van der Waals surface area contributed by atoms with Crippen LogP contribution in [0.4, 0.5) is 5.69 Å². The van der Waals surface area contributed by atoms with Crippen LogP contribution in [0.25, 0.3) is 10.8 Å². The number of hydrogen-bond acceptors (Lipinski definition) is 5. The van der Waals surface area contributed by atoms with E-state index in [2.05, 4.69) is 15.9 Å². The van der Waals surface area contributed by atoms with Crippen molar-refractivity contribution in [3.63, 3.8) is 0 Å². The summed E-state index contributed by atoms with van der Waals surface area (Å²) in [5.74, 6) is 0.207. The Kier molecular flexibility index (Phi) is 4.74. The summed E-state index contributed by atoms with van der Waals surface area (Å²) < 4.78 is 10.3. The molecule has 1 heterocycles. The van der Waals surface area contributed by atoms with E-state index in [0.29, 0.717) is 17.3 Å². The normalized spacial score (nSPS) is 10.9. The number of non-ortho nitro benzene ring substituents is 1. The lowest BCUT2D eigenvalue weighted by Gasteiger charge is -2.06. The van der Waals surface area contributed by atoms with Gasteiger partial charge in [0, 0.05) is 22.8 Å². The summed E-state index contributed by atoms with van der Waals surface area (Å²) in [5, 5.41) is 12.1. The van der Waals surface area contributed by atoms with Crippen molar-refractivity contribution in [3.8, 4) is 0 Å². The molecule has 1 aromatic carbocycles. The molecule has 8 heteroatoms. The second-order valence-electron chi connectivity index (χ2n) is 3.86. The number of rotatable bonds is 5. The van der Waals surface area contributed by atoms with Crippen LogP contribution in [0.3, 0.4) is 0 Å². The average Bonchev–Trinajstić information content (AvgIpc) is 2.43. The number of halogens is 2. The highest BCUT2D eigenvalue weighted by molar-refractivity contribution is 9.09. The van der Waals surface area contributed by atoms with Gasteiger partial charge in [-0.05, 0) is 6.07 Å². The van der Waals surface area contributed by atoms with Crippen molar-refractivity contribution in [2.75, 3.05) is 11.9 Å². The summed E-state index contributed by atoms with van der Waals surface area (Å²) in [6.07, 6.45) is 0. The summed E-state index contributed by atoms with van der Waals surface area (Å²) in [6.45, 7) is 0.505. The summed E-state index contributed by atoms with van der Waals surface area (Å²) in [5.41, 5.74) is -0.866. The van der Waals surface area contributed by atoms with Crippen molar-refractivity contribution in [1.82, 2.24) is 0 Å². The van der Waals surface area contributed by atoms with Gasteiger partial charge in [-0.15, -0.1) is 0 Å². The molecule has 2 aromatic rings. The maximum absolute atomic E-state index is 11.8. The SMILES string of the molecule is O=c1oc(COCCBr)c(Cl)c2ccc([N+](=O)[O-])cc12. The zero-order valence-electron chi connectivity index (χ0n) is 10.1. The highest BCUT2D eigenvalue weighted by atomic mass is 79.9. The highest BCUT2D eigenvalue weighted by Gasteiger charge is 2.15. The molecule has 6 nitrogen and oxygen atoms in total. The summed E-state index contributed by atoms with van der Waals surface area (Å²) >= 11 is 9.33. The Morgan fingerprint density at radius 1 is 1.40 bits per heavy atom. The molecule has 20 heavy (non-hydrogen) atoms. The molecule has 0 aliphatic heterocycles. The molecule has 1 aromatic heterocycles. The summed E-state index contributed by atoms with van der Waals surface area (Å²) in [7, 11) is 0. The van der Waals surface area contributed by atoms with Gasteiger partial charge in [-0.1, -0.05) is 27.5 Å². The first-order valence-electron chi connectivity index (χ1n) is 5.58. The van der Waals surface area contributed by atoms with Crippen LogP contribution in [0.15, 0.2) is 27.4 Å². The molecular weight excluding hydrogens is 353 g/mol. The molecule has 0 bridgehead atoms. The molecule has 0 spiro atoms. The minimum Gasteiger partial charge on any atom is -0.423 e. The van der Waals surface area contributed by atoms with Gasteiger partial charge in [-0.3, -0.25) is 10.1 Å². The van der Waals surface area contributed by atoms with E-state index in [9.17, 15) is 14.9 Å². The number of nitrogens with zero attached hydrogens (tertiary/aromatic N) is 1. The second-order valence-corrected chi connectivity index (χ2v) is 5.03. The van der Waals surface area contributed by atoms with Crippen LogP contribution >= 0.6 is 27.5 Å². The predicted molar refractivity (Wildman–Crippen MR) is 77.6 cm³/mol. The Hall–Kier alpha value is -1.44. The number of hydrogen-bond donors (Lipinski definition) is 0. The molecule has 0 unspecified atom stereocenters. The van der Waals surface area contributed by atoms with E-state index in [-0.39, 0.29) is 28.5 Å². The zero-order chi connectivity index (χ0) is 14.7. The van der Waals surface area contributed by atoms with Crippen LogP contribution < -0.4 is 5.63 Å². The van der Waals surface area contributed by atoms with Gasteiger partial charge in [-0.2, -0.15) is 0 Å². The lowest BCUT2D eigenvalue weighted by Crippen LogP contribution is -2.06. The molecule has 0 fully saturated rings. The Morgan fingerprint density at radius 2 is 2.15 bits per heavy atom. The summed E-state index contributed by atoms with van der Waals surface area (Å²) in [4.78, 5) is 22.0.